The lowest BCUT2D eigenvalue weighted by atomic mass is 10.0. The first kappa shape index (κ1) is 14.3. The fourth-order valence-corrected chi connectivity index (χ4v) is 3.02. The summed E-state index contributed by atoms with van der Waals surface area (Å²) in [7, 11) is 3.57. The minimum Gasteiger partial charge on any atom is -0.469 e. The van der Waals surface area contributed by atoms with Gasteiger partial charge in [0.1, 0.15) is 0 Å². The summed E-state index contributed by atoms with van der Waals surface area (Å²) in [6.07, 6.45) is 4.09. The summed E-state index contributed by atoms with van der Waals surface area (Å²) in [5.41, 5.74) is 0.774. The average molecular weight is 283 g/mol. The van der Waals surface area contributed by atoms with Gasteiger partial charge in [0.15, 0.2) is 5.13 Å². The number of carbonyl (C=O) groups is 1. The van der Waals surface area contributed by atoms with Crippen molar-refractivity contribution in [2.75, 3.05) is 32.6 Å². The molecule has 1 atom stereocenters. The van der Waals surface area contributed by atoms with Crippen molar-refractivity contribution >= 4 is 22.4 Å². The van der Waals surface area contributed by atoms with Gasteiger partial charge in [0.05, 0.1) is 19.2 Å². The lowest BCUT2D eigenvalue weighted by molar-refractivity contribution is -0.139. The molecule has 6 heteroatoms. The molecule has 1 aromatic rings. The first-order valence-corrected chi connectivity index (χ1v) is 7.52. The molecule has 19 heavy (non-hydrogen) atoms. The number of nitrogens with zero attached hydrogens (tertiary/aromatic N) is 2. The van der Waals surface area contributed by atoms with E-state index in [2.05, 4.69) is 27.0 Å². The number of ether oxygens (including phenoxy) is 1. The number of thiazole rings is 1. The molecule has 1 saturated heterocycles. The monoisotopic (exact) mass is 283 g/mol. The van der Waals surface area contributed by atoms with Gasteiger partial charge < -0.3 is 15.0 Å². The van der Waals surface area contributed by atoms with Crippen LogP contribution in [0.3, 0.4) is 0 Å². The first-order valence-electron chi connectivity index (χ1n) is 6.64. The van der Waals surface area contributed by atoms with Crippen LogP contribution in [-0.4, -0.2) is 49.1 Å². The van der Waals surface area contributed by atoms with E-state index in [1.165, 1.54) is 32.9 Å². The third-order valence-electron chi connectivity index (χ3n) is 3.52. The van der Waals surface area contributed by atoms with Crippen LogP contribution >= 0.6 is 11.3 Å². The molecular weight excluding hydrogens is 262 g/mol. The van der Waals surface area contributed by atoms with E-state index < -0.39 is 0 Å². The first-order chi connectivity index (χ1) is 9.19. The smallest absolute Gasteiger partial charge is 0.311 e. The van der Waals surface area contributed by atoms with Gasteiger partial charge in [0.2, 0.25) is 0 Å². The SMILES string of the molecule is COC(=O)Cc1csc(NCC2CCCCN2C)n1. The van der Waals surface area contributed by atoms with Crippen LogP contribution in [0.1, 0.15) is 25.0 Å². The van der Waals surface area contributed by atoms with Crippen LogP contribution in [0.4, 0.5) is 5.13 Å². The van der Waals surface area contributed by atoms with E-state index in [0.29, 0.717) is 6.04 Å². The highest BCUT2D eigenvalue weighted by Crippen LogP contribution is 2.19. The number of anilines is 1. The maximum absolute atomic E-state index is 11.2. The summed E-state index contributed by atoms with van der Waals surface area (Å²) in [5.74, 6) is -0.246. The van der Waals surface area contributed by atoms with E-state index >= 15 is 0 Å². The minimum atomic E-state index is -0.246. The predicted octanol–water partition coefficient (Wildman–Crippen LogP) is 1.75. The third-order valence-corrected chi connectivity index (χ3v) is 4.36. The topological polar surface area (TPSA) is 54.5 Å². The molecule has 1 fully saturated rings. The Balaban J connectivity index is 1.81. The maximum atomic E-state index is 11.2. The molecule has 2 rings (SSSR count). The molecule has 1 N–H and O–H groups in total. The number of carbonyl (C=O) groups excluding carboxylic acids is 1. The summed E-state index contributed by atoms with van der Waals surface area (Å²) >= 11 is 1.54. The number of piperidine rings is 1. The largest absolute Gasteiger partial charge is 0.469 e. The lowest BCUT2D eigenvalue weighted by Gasteiger charge is -2.32. The fourth-order valence-electron chi connectivity index (χ4n) is 2.30. The van der Waals surface area contributed by atoms with Crippen LogP contribution < -0.4 is 5.32 Å². The van der Waals surface area contributed by atoms with E-state index in [4.69, 9.17) is 0 Å². The molecule has 0 radical (unpaired) electrons. The van der Waals surface area contributed by atoms with Crippen LogP contribution in [0.15, 0.2) is 5.38 Å². The van der Waals surface area contributed by atoms with Crippen LogP contribution in [0.5, 0.6) is 0 Å². The van der Waals surface area contributed by atoms with Gasteiger partial charge in [0, 0.05) is 18.0 Å². The van der Waals surface area contributed by atoms with Gasteiger partial charge in [-0.1, -0.05) is 6.42 Å². The highest BCUT2D eigenvalue weighted by Gasteiger charge is 2.18. The van der Waals surface area contributed by atoms with Crippen LogP contribution in [0.25, 0.3) is 0 Å². The Kier molecular flexibility index (Phi) is 5.15. The second-order valence-corrected chi connectivity index (χ2v) is 5.77. The third kappa shape index (κ3) is 4.18. The zero-order valence-electron chi connectivity index (χ0n) is 11.5. The molecule has 2 heterocycles. The second-order valence-electron chi connectivity index (χ2n) is 4.91. The van der Waals surface area contributed by atoms with E-state index in [0.717, 1.165) is 17.4 Å². The van der Waals surface area contributed by atoms with Crippen LogP contribution in [0.2, 0.25) is 0 Å². The summed E-state index contributed by atoms with van der Waals surface area (Å²) in [5, 5.41) is 6.16. The van der Waals surface area contributed by atoms with Crippen molar-refractivity contribution in [3.63, 3.8) is 0 Å². The van der Waals surface area contributed by atoms with Crippen molar-refractivity contribution in [1.29, 1.82) is 0 Å². The number of aromatic nitrogens is 1. The Morgan fingerprint density at radius 3 is 3.21 bits per heavy atom. The van der Waals surface area contributed by atoms with Gasteiger partial charge in [-0.25, -0.2) is 4.98 Å². The number of esters is 1. The number of rotatable bonds is 5. The summed E-state index contributed by atoms with van der Waals surface area (Å²) in [4.78, 5) is 18.0. The zero-order valence-corrected chi connectivity index (χ0v) is 12.3. The summed E-state index contributed by atoms with van der Waals surface area (Å²) in [6.45, 7) is 2.10. The van der Waals surface area contributed by atoms with Crippen LogP contribution in [0, 0.1) is 0 Å². The number of hydrogen-bond acceptors (Lipinski definition) is 6. The number of likely N-dealkylation sites (N-methyl/N-ethyl adjacent to an activating group) is 1. The van der Waals surface area contributed by atoms with Crippen LogP contribution in [-0.2, 0) is 16.0 Å². The quantitative estimate of drug-likeness (QED) is 0.834. The minimum absolute atomic E-state index is 0.246. The number of methoxy groups -OCH3 is 1. The molecule has 0 spiro atoms. The molecule has 1 aromatic heterocycles. The Morgan fingerprint density at radius 2 is 2.47 bits per heavy atom. The van der Waals surface area contributed by atoms with Crippen molar-refractivity contribution in [3.8, 4) is 0 Å². The molecule has 0 bridgehead atoms. The highest BCUT2D eigenvalue weighted by atomic mass is 32.1. The highest BCUT2D eigenvalue weighted by molar-refractivity contribution is 7.13. The van der Waals surface area contributed by atoms with E-state index in [1.807, 2.05) is 5.38 Å². The fraction of sp³-hybridized carbons (Fsp3) is 0.692. The summed E-state index contributed by atoms with van der Waals surface area (Å²) < 4.78 is 4.63. The maximum Gasteiger partial charge on any atom is 0.311 e. The van der Waals surface area contributed by atoms with Gasteiger partial charge in [-0.2, -0.15) is 0 Å². The Hall–Kier alpha value is -1.14. The van der Waals surface area contributed by atoms with Crippen molar-refractivity contribution < 1.29 is 9.53 Å². The van der Waals surface area contributed by atoms with Gasteiger partial charge in [0.25, 0.3) is 0 Å². The molecule has 1 unspecified atom stereocenters. The molecular formula is C13H21N3O2S. The van der Waals surface area contributed by atoms with Crippen molar-refractivity contribution in [2.45, 2.75) is 31.7 Å². The second kappa shape index (κ2) is 6.86. The standard InChI is InChI=1S/C13H21N3O2S/c1-16-6-4-3-5-11(16)8-14-13-15-10(9-19-13)7-12(17)18-2/h9,11H,3-8H2,1-2H3,(H,14,15). The van der Waals surface area contributed by atoms with Crippen molar-refractivity contribution in [2.24, 2.45) is 0 Å². The lowest BCUT2D eigenvalue weighted by Crippen LogP contribution is -2.40. The molecule has 0 aliphatic carbocycles. The van der Waals surface area contributed by atoms with Gasteiger partial charge in [-0.3, -0.25) is 4.79 Å². The molecule has 5 nitrogen and oxygen atoms in total. The van der Waals surface area contributed by atoms with Crippen molar-refractivity contribution in [3.05, 3.63) is 11.1 Å². The normalized spacial score (nSPS) is 20.2. The molecule has 1 aliphatic heterocycles. The molecule has 1 aliphatic rings. The summed E-state index contributed by atoms with van der Waals surface area (Å²) in [6, 6.07) is 0.585. The predicted molar refractivity (Wildman–Crippen MR) is 76.6 cm³/mol. The Bertz CT molecular complexity index is 422. The number of hydrogen-bond donors (Lipinski definition) is 1. The molecule has 0 amide bonds. The van der Waals surface area contributed by atoms with Gasteiger partial charge >= 0.3 is 5.97 Å². The Labute approximate surface area is 118 Å². The molecule has 0 aromatic carbocycles. The zero-order chi connectivity index (χ0) is 13.7. The molecule has 106 valence electrons. The van der Waals surface area contributed by atoms with Gasteiger partial charge in [-0.05, 0) is 26.4 Å². The number of likely N-dealkylation sites (tertiary alicyclic amines) is 1. The molecule has 0 saturated carbocycles. The number of nitrogens with one attached hydrogen (secondary N) is 1. The van der Waals surface area contributed by atoms with E-state index in [-0.39, 0.29) is 12.4 Å². The average Bonchev–Trinajstić information content (AvgIpc) is 2.85. The van der Waals surface area contributed by atoms with Crippen molar-refractivity contribution in [1.82, 2.24) is 9.88 Å². The van der Waals surface area contributed by atoms with Gasteiger partial charge in [-0.15, -0.1) is 11.3 Å². The Morgan fingerprint density at radius 1 is 1.63 bits per heavy atom. The van der Waals surface area contributed by atoms with E-state index in [9.17, 15) is 4.79 Å². The van der Waals surface area contributed by atoms with E-state index in [1.54, 1.807) is 11.3 Å².